The second kappa shape index (κ2) is 7.91. The third kappa shape index (κ3) is 4.31. The van der Waals surface area contributed by atoms with E-state index in [1.165, 1.54) is 25.4 Å². The molecule has 0 aliphatic rings. The Morgan fingerprint density at radius 2 is 2.04 bits per heavy atom. The van der Waals surface area contributed by atoms with Gasteiger partial charge >= 0.3 is 6.01 Å². The fourth-order valence-corrected chi connectivity index (χ4v) is 2.56. The smallest absolute Gasteiger partial charge is 0.318 e. The average molecular weight is 354 g/mol. The van der Waals surface area contributed by atoms with Crippen LogP contribution in [-0.4, -0.2) is 42.8 Å². The second-order valence-electron chi connectivity index (χ2n) is 4.82. The lowest BCUT2D eigenvalue weighted by atomic mass is 10.2. The Balaban J connectivity index is 2.30. The highest BCUT2D eigenvalue weighted by Gasteiger charge is 2.18. The molecule has 0 atom stereocenters. The van der Waals surface area contributed by atoms with E-state index in [4.69, 9.17) is 4.74 Å². The van der Waals surface area contributed by atoms with Crippen LogP contribution in [0.15, 0.2) is 35.4 Å². The summed E-state index contributed by atoms with van der Waals surface area (Å²) in [4.78, 5) is 22.5. The molecule has 1 heterocycles. The van der Waals surface area contributed by atoms with Crippen molar-refractivity contribution in [1.29, 1.82) is 0 Å². The van der Waals surface area contributed by atoms with Gasteiger partial charge in [-0.05, 0) is 12.1 Å². The summed E-state index contributed by atoms with van der Waals surface area (Å²) in [6, 6.07) is 6.33. The summed E-state index contributed by atoms with van der Waals surface area (Å²) in [7, 11) is 4.93. The fraction of sp³-hybridized carbons (Fsp3) is 0.267. The number of carbonyl (C=O) groups is 1. The molecule has 2 aromatic rings. The summed E-state index contributed by atoms with van der Waals surface area (Å²) in [5, 5.41) is 2.65. The van der Waals surface area contributed by atoms with Gasteiger partial charge in [-0.2, -0.15) is 13.8 Å². The molecule has 0 saturated carbocycles. The molecule has 1 aromatic carbocycles. The van der Waals surface area contributed by atoms with Crippen molar-refractivity contribution in [3.63, 3.8) is 0 Å². The number of halogens is 2. The molecule has 0 unspecified atom stereocenters. The number of rotatable bonds is 6. The summed E-state index contributed by atoms with van der Waals surface area (Å²) in [6.45, 7) is 0. The highest BCUT2D eigenvalue weighted by molar-refractivity contribution is 7.99. The van der Waals surface area contributed by atoms with E-state index in [1.54, 1.807) is 31.1 Å². The first-order valence-electron chi connectivity index (χ1n) is 6.86. The van der Waals surface area contributed by atoms with Gasteiger partial charge in [0.2, 0.25) is 0 Å². The molecule has 0 aliphatic heterocycles. The summed E-state index contributed by atoms with van der Waals surface area (Å²) >= 11 is 0.325. The number of thioether (sulfide) groups is 1. The molecule has 128 valence electrons. The maximum Gasteiger partial charge on any atom is 0.318 e. The van der Waals surface area contributed by atoms with Crippen molar-refractivity contribution in [2.75, 3.05) is 31.4 Å². The molecule has 0 fully saturated rings. The zero-order chi connectivity index (χ0) is 17.7. The highest BCUT2D eigenvalue weighted by atomic mass is 32.2. The fourth-order valence-electron chi connectivity index (χ4n) is 1.93. The minimum Gasteiger partial charge on any atom is -0.467 e. The van der Waals surface area contributed by atoms with Crippen LogP contribution >= 0.6 is 11.8 Å². The Morgan fingerprint density at radius 1 is 1.33 bits per heavy atom. The van der Waals surface area contributed by atoms with Crippen LogP contribution in [0.3, 0.4) is 0 Å². The number of anilines is 2. The molecular weight excluding hydrogens is 338 g/mol. The number of hydrogen-bond acceptors (Lipinski definition) is 6. The van der Waals surface area contributed by atoms with Gasteiger partial charge < -0.3 is 15.0 Å². The number of alkyl halides is 2. The Hall–Kier alpha value is -2.42. The van der Waals surface area contributed by atoms with Crippen molar-refractivity contribution in [1.82, 2.24) is 9.97 Å². The van der Waals surface area contributed by atoms with Crippen LogP contribution in [0.5, 0.6) is 6.01 Å². The normalized spacial score (nSPS) is 10.6. The van der Waals surface area contributed by atoms with Crippen molar-refractivity contribution in [3.8, 4) is 6.01 Å². The number of benzene rings is 1. The predicted molar refractivity (Wildman–Crippen MR) is 89.2 cm³/mol. The minimum atomic E-state index is -2.61. The molecule has 0 spiro atoms. The predicted octanol–water partition coefficient (Wildman–Crippen LogP) is 3.12. The quantitative estimate of drug-likeness (QED) is 0.804. The number of hydrogen-bond donors (Lipinski definition) is 1. The zero-order valence-electron chi connectivity index (χ0n) is 13.3. The van der Waals surface area contributed by atoms with Crippen molar-refractivity contribution in [2.24, 2.45) is 0 Å². The van der Waals surface area contributed by atoms with Gasteiger partial charge in [-0.15, -0.1) is 0 Å². The van der Waals surface area contributed by atoms with Crippen LogP contribution in [0.4, 0.5) is 20.3 Å². The number of aromatic nitrogens is 2. The first kappa shape index (κ1) is 17.9. The molecule has 9 heteroatoms. The Labute approximate surface area is 142 Å². The van der Waals surface area contributed by atoms with Gasteiger partial charge in [0.1, 0.15) is 5.69 Å². The summed E-state index contributed by atoms with van der Waals surface area (Å²) in [5.41, 5.74) is 0.506. The molecule has 0 saturated heterocycles. The van der Waals surface area contributed by atoms with E-state index < -0.39 is 11.7 Å². The van der Waals surface area contributed by atoms with Gasteiger partial charge in [-0.25, -0.2) is 4.98 Å². The summed E-state index contributed by atoms with van der Waals surface area (Å²) in [5.74, 6) is -2.69. The summed E-state index contributed by atoms with van der Waals surface area (Å²) in [6.07, 6.45) is 1.40. The molecule has 6 nitrogen and oxygen atoms in total. The van der Waals surface area contributed by atoms with Gasteiger partial charge in [-0.1, -0.05) is 23.9 Å². The van der Waals surface area contributed by atoms with E-state index >= 15 is 0 Å². The molecule has 0 radical (unpaired) electrons. The summed E-state index contributed by atoms with van der Waals surface area (Å²) < 4.78 is 30.2. The van der Waals surface area contributed by atoms with Gasteiger partial charge in [-0.3, -0.25) is 4.79 Å². The van der Waals surface area contributed by atoms with E-state index in [0.29, 0.717) is 23.3 Å². The van der Waals surface area contributed by atoms with Crippen LogP contribution in [-0.2, 0) is 0 Å². The van der Waals surface area contributed by atoms with E-state index in [1.807, 2.05) is 0 Å². The number of nitrogens with zero attached hydrogens (tertiary/aromatic N) is 3. The Bertz CT molecular complexity index is 728. The number of ether oxygens (including phenoxy) is 1. The number of carbonyl (C=O) groups excluding carboxylic acids is 1. The minimum absolute atomic E-state index is 0.156. The number of amides is 1. The standard InChI is InChI=1S/C15H16F2N4O2S/c1-21(2)12-10(8-18-15(20-12)23-3)19-13(22)9-6-4-5-7-11(9)24-14(16)17/h4-8,14H,1-3H3,(H,19,22). The van der Waals surface area contributed by atoms with Crippen LogP contribution < -0.4 is 15.0 Å². The van der Waals surface area contributed by atoms with Crippen LogP contribution in [0.25, 0.3) is 0 Å². The highest BCUT2D eigenvalue weighted by Crippen LogP contribution is 2.30. The van der Waals surface area contributed by atoms with E-state index in [-0.39, 0.29) is 16.5 Å². The molecule has 1 aromatic heterocycles. The van der Waals surface area contributed by atoms with Gasteiger partial charge in [0, 0.05) is 19.0 Å². The van der Waals surface area contributed by atoms with Gasteiger partial charge in [0.25, 0.3) is 11.7 Å². The van der Waals surface area contributed by atoms with Gasteiger partial charge in [0.05, 0.1) is 18.9 Å². The maximum atomic E-state index is 12.6. The van der Waals surface area contributed by atoms with Crippen molar-refractivity contribution >= 4 is 29.2 Å². The molecule has 2 rings (SSSR count). The van der Waals surface area contributed by atoms with E-state index in [9.17, 15) is 13.6 Å². The molecule has 24 heavy (non-hydrogen) atoms. The van der Waals surface area contributed by atoms with Crippen molar-refractivity contribution < 1.29 is 18.3 Å². The van der Waals surface area contributed by atoms with E-state index in [0.717, 1.165) is 0 Å². The monoisotopic (exact) mass is 354 g/mol. The van der Waals surface area contributed by atoms with Gasteiger partial charge in [0.15, 0.2) is 5.82 Å². The maximum absolute atomic E-state index is 12.6. The third-order valence-corrected chi connectivity index (χ3v) is 3.74. The molecule has 0 bridgehead atoms. The molecule has 1 N–H and O–H groups in total. The second-order valence-corrected chi connectivity index (χ2v) is 5.85. The molecule has 0 aliphatic carbocycles. The van der Waals surface area contributed by atoms with Crippen LogP contribution in [0.2, 0.25) is 0 Å². The first-order valence-corrected chi connectivity index (χ1v) is 7.74. The van der Waals surface area contributed by atoms with Crippen molar-refractivity contribution in [2.45, 2.75) is 10.7 Å². The van der Waals surface area contributed by atoms with Crippen molar-refractivity contribution in [3.05, 3.63) is 36.0 Å². The van der Waals surface area contributed by atoms with Crippen LogP contribution in [0, 0.1) is 0 Å². The number of nitrogens with one attached hydrogen (secondary N) is 1. The number of methoxy groups -OCH3 is 1. The Kier molecular flexibility index (Phi) is 5.91. The lowest BCUT2D eigenvalue weighted by Gasteiger charge is -2.17. The van der Waals surface area contributed by atoms with E-state index in [2.05, 4.69) is 15.3 Å². The lowest BCUT2D eigenvalue weighted by Crippen LogP contribution is -2.19. The average Bonchev–Trinajstić information content (AvgIpc) is 2.54. The largest absolute Gasteiger partial charge is 0.467 e. The molecular formula is C15H16F2N4O2S. The topological polar surface area (TPSA) is 67.3 Å². The SMILES string of the molecule is COc1ncc(NC(=O)c2ccccc2SC(F)F)c(N(C)C)n1. The zero-order valence-corrected chi connectivity index (χ0v) is 14.1. The molecule has 1 amide bonds. The third-order valence-electron chi connectivity index (χ3n) is 2.95. The Morgan fingerprint density at radius 3 is 2.67 bits per heavy atom. The van der Waals surface area contributed by atoms with Crippen LogP contribution in [0.1, 0.15) is 10.4 Å². The lowest BCUT2D eigenvalue weighted by molar-refractivity contribution is 0.102. The first-order chi connectivity index (χ1) is 11.4.